The lowest BCUT2D eigenvalue weighted by atomic mass is 9.80. The van der Waals surface area contributed by atoms with Crippen LogP contribution >= 0.6 is 12.4 Å². The van der Waals surface area contributed by atoms with Gasteiger partial charge in [0.15, 0.2) is 0 Å². The molecule has 1 aliphatic carbocycles. The smallest absolute Gasteiger partial charge is 0.211 e. The lowest BCUT2D eigenvalue weighted by molar-refractivity contribution is 0.0577. The van der Waals surface area contributed by atoms with Crippen LogP contribution in [0.4, 0.5) is 0 Å². The van der Waals surface area contributed by atoms with Crippen LogP contribution in [0.2, 0.25) is 0 Å². The molecule has 0 unspecified atom stereocenters. The molecule has 1 saturated carbocycles. The second-order valence-electron chi connectivity index (χ2n) is 6.79. The van der Waals surface area contributed by atoms with Crippen molar-refractivity contribution in [1.82, 2.24) is 10.0 Å². The van der Waals surface area contributed by atoms with Gasteiger partial charge < -0.3 is 10.1 Å². The predicted octanol–water partition coefficient (Wildman–Crippen LogP) is 1.92. The molecule has 2 aliphatic rings. The largest absolute Gasteiger partial charge is 0.384 e. The van der Waals surface area contributed by atoms with Crippen molar-refractivity contribution in [1.29, 1.82) is 0 Å². The molecule has 0 bridgehead atoms. The van der Waals surface area contributed by atoms with Gasteiger partial charge in [-0.1, -0.05) is 19.3 Å². The fraction of sp³-hybridized carbons (Fsp3) is 1.00. The molecule has 1 aliphatic heterocycles. The van der Waals surface area contributed by atoms with Gasteiger partial charge >= 0.3 is 0 Å². The molecule has 2 rings (SSSR count). The van der Waals surface area contributed by atoms with Gasteiger partial charge in [-0.2, -0.15) is 0 Å². The van der Waals surface area contributed by atoms with Gasteiger partial charge in [-0.25, -0.2) is 13.1 Å². The van der Waals surface area contributed by atoms with Crippen LogP contribution in [0.15, 0.2) is 0 Å². The summed E-state index contributed by atoms with van der Waals surface area (Å²) in [5.41, 5.74) is -0.0420. The minimum atomic E-state index is -3.16. The molecule has 22 heavy (non-hydrogen) atoms. The van der Waals surface area contributed by atoms with Gasteiger partial charge in [-0.15, -0.1) is 12.4 Å². The molecular weight excluding hydrogens is 324 g/mol. The molecule has 0 amide bonds. The first-order valence-corrected chi connectivity index (χ1v) is 9.87. The van der Waals surface area contributed by atoms with Crippen molar-refractivity contribution in [3.05, 3.63) is 0 Å². The fourth-order valence-corrected chi connectivity index (χ4v) is 5.22. The van der Waals surface area contributed by atoms with Crippen LogP contribution in [-0.2, 0) is 14.8 Å². The summed E-state index contributed by atoms with van der Waals surface area (Å²) >= 11 is 0. The van der Waals surface area contributed by atoms with Crippen LogP contribution in [0.1, 0.15) is 44.9 Å². The molecule has 2 N–H and O–H groups in total. The summed E-state index contributed by atoms with van der Waals surface area (Å²) in [5.74, 6) is 0.650. The Bertz CT molecular complexity index is 400. The number of ether oxygens (including phenoxy) is 1. The molecule has 0 aromatic carbocycles. The average molecular weight is 355 g/mol. The molecule has 5 nitrogen and oxygen atoms in total. The second-order valence-corrected chi connectivity index (χ2v) is 8.64. The highest BCUT2D eigenvalue weighted by atomic mass is 35.5. The van der Waals surface area contributed by atoms with Crippen LogP contribution in [0.5, 0.6) is 0 Å². The quantitative estimate of drug-likeness (QED) is 0.733. The number of rotatable bonds is 7. The van der Waals surface area contributed by atoms with E-state index in [9.17, 15) is 8.42 Å². The Morgan fingerprint density at radius 2 is 1.82 bits per heavy atom. The number of sulfonamides is 1. The Labute approximate surface area is 141 Å². The van der Waals surface area contributed by atoms with Gasteiger partial charge in [0.2, 0.25) is 10.0 Å². The highest BCUT2D eigenvalue weighted by molar-refractivity contribution is 7.89. The molecule has 0 aromatic heterocycles. The third-order valence-electron chi connectivity index (χ3n) is 4.96. The van der Waals surface area contributed by atoms with Crippen LogP contribution < -0.4 is 10.0 Å². The van der Waals surface area contributed by atoms with Crippen LogP contribution in [0.3, 0.4) is 0 Å². The maximum absolute atomic E-state index is 12.3. The highest BCUT2D eigenvalue weighted by Gasteiger charge is 2.33. The van der Waals surface area contributed by atoms with E-state index in [0.29, 0.717) is 24.8 Å². The Morgan fingerprint density at radius 3 is 2.41 bits per heavy atom. The molecule has 0 aromatic rings. The number of piperidine rings is 1. The van der Waals surface area contributed by atoms with Crippen molar-refractivity contribution in [2.24, 2.45) is 11.3 Å². The molecular formula is C15H31ClN2O3S. The second kappa shape index (κ2) is 9.42. The van der Waals surface area contributed by atoms with Crippen molar-refractivity contribution in [3.63, 3.8) is 0 Å². The molecule has 0 radical (unpaired) electrons. The van der Waals surface area contributed by atoms with E-state index < -0.39 is 10.0 Å². The fourth-order valence-electron chi connectivity index (χ4n) is 3.62. The van der Waals surface area contributed by atoms with E-state index >= 15 is 0 Å². The van der Waals surface area contributed by atoms with Gasteiger partial charge in [-0.3, -0.25) is 0 Å². The number of hydrogen-bond donors (Lipinski definition) is 2. The average Bonchev–Trinajstić information content (AvgIpc) is 2.47. The van der Waals surface area contributed by atoms with E-state index in [1.54, 1.807) is 7.11 Å². The summed E-state index contributed by atoms with van der Waals surface area (Å²) in [5, 5.41) is 3.33. The standard InChI is InChI=1S/C15H30N2O3S.ClH/c1-20-13-15(7-9-16-10-8-15)12-17-21(18,19)11-14-5-3-2-4-6-14;/h14,16-17H,2-13H2,1H3;1H. The summed E-state index contributed by atoms with van der Waals surface area (Å²) in [6, 6.07) is 0. The Balaban J connectivity index is 0.00000242. The third-order valence-corrected chi connectivity index (χ3v) is 6.46. The zero-order valence-electron chi connectivity index (χ0n) is 13.6. The summed E-state index contributed by atoms with van der Waals surface area (Å²) in [7, 11) is -1.47. The molecule has 0 atom stereocenters. The van der Waals surface area contributed by atoms with E-state index in [1.165, 1.54) is 19.3 Å². The van der Waals surface area contributed by atoms with Crippen LogP contribution in [0.25, 0.3) is 0 Å². The van der Waals surface area contributed by atoms with Gasteiger partial charge in [0.1, 0.15) is 0 Å². The monoisotopic (exact) mass is 354 g/mol. The Kier molecular flexibility index (Phi) is 8.64. The zero-order valence-corrected chi connectivity index (χ0v) is 15.2. The maximum Gasteiger partial charge on any atom is 0.211 e. The summed E-state index contributed by atoms with van der Waals surface area (Å²) in [6.45, 7) is 3.01. The van der Waals surface area contributed by atoms with E-state index in [2.05, 4.69) is 10.0 Å². The van der Waals surface area contributed by atoms with Crippen molar-refractivity contribution < 1.29 is 13.2 Å². The molecule has 2 fully saturated rings. The van der Waals surface area contributed by atoms with Gasteiger partial charge in [0.25, 0.3) is 0 Å². The number of hydrogen-bond acceptors (Lipinski definition) is 4. The topological polar surface area (TPSA) is 67.4 Å². The van der Waals surface area contributed by atoms with Crippen molar-refractivity contribution in [2.75, 3.05) is 39.1 Å². The summed E-state index contributed by atoms with van der Waals surface area (Å²) in [4.78, 5) is 0. The number of halogens is 1. The van der Waals surface area contributed by atoms with Gasteiger partial charge in [-0.05, 0) is 44.7 Å². The van der Waals surface area contributed by atoms with E-state index in [1.807, 2.05) is 0 Å². The van der Waals surface area contributed by atoms with E-state index in [-0.39, 0.29) is 17.8 Å². The predicted molar refractivity (Wildman–Crippen MR) is 92.0 cm³/mol. The highest BCUT2D eigenvalue weighted by Crippen LogP contribution is 2.29. The Hall–Kier alpha value is 0.120. The van der Waals surface area contributed by atoms with E-state index in [4.69, 9.17) is 4.74 Å². The first-order chi connectivity index (χ1) is 10.1. The number of nitrogens with one attached hydrogen (secondary N) is 2. The molecule has 1 heterocycles. The minimum absolute atomic E-state index is 0. The lowest BCUT2D eigenvalue weighted by Gasteiger charge is -2.37. The SMILES string of the molecule is COCC1(CNS(=O)(=O)CC2CCCCC2)CCNCC1.Cl. The molecule has 132 valence electrons. The normalized spacial score (nSPS) is 23.0. The van der Waals surface area contributed by atoms with Gasteiger partial charge in [0, 0.05) is 19.1 Å². The summed E-state index contributed by atoms with van der Waals surface area (Å²) < 4.78 is 32.8. The van der Waals surface area contributed by atoms with Crippen molar-refractivity contribution in [2.45, 2.75) is 44.9 Å². The lowest BCUT2D eigenvalue weighted by Crippen LogP contribution is -2.47. The van der Waals surface area contributed by atoms with Crippen molar-refractivity contribution in [3.8, 4) is 0 Å². The molecule has 0 spiro atoms. The minimum Gasteiger partial charge on any atom is -0.384 e. The first-order valence-electron chi connectivity index (χ1n) is 8.22. The number of methoxy groups -OCH3 is 1. The maximum atomic E-state index is 12.3. The Morgan fingerprint density at radius 1 is 1.18 bits per heavy atom. The molecule has 1 saturated heterocycles. The molecule has 7 heteroatoms. The van der Waals surface area contributed by atoms with E-state index in [0.717, 1.165) is 38.8 Å². The first kappa shape index (κ1) is 20.2. The van der Waals surface area contributed by atoms with Crippen LogP contribution in [0, 0.1) is 11.3 Å². The van der Waals surface area contributed by atoms with Crippen LogP contribution in [-0.4, -0.2) is 47.5 Å². The zero-order chi connectivity index (χ0) is 15.2. The summed E-state index contributed by atoms with van der Waals surface area (Å²) in [6.07, 6.45) is 7.68. The van der Waals surface area contributed by atoms with Gasteiger partial charge in [0.05, 0.1) is 12.4 Å². The van der Waals surface area contributed by atoms with Crippen molar-refractivity contribution >= 4 is 22.4 Å². The third kappa shape index (κ3) is 6.32.